The summed E-state index contributed by atoms with van der Waals surface area (Å²) in [7, 11) is 0. The minimum Gasteiger partial charge on any atom is -0.456 e. The van der Waals surface area contributed by atoms with E-state index < -0.39 is 0 Å². The molecule has 1 aliphatic carbocycles. The van der Waals surface area contributed by atoms with Crippen molar-refractivity contribution in [3.63, 3.8) is 0 Å². The predicted molar refractivity (Wildman–Crippen MR) is 210 cm³/mol. The first-order valence-corrected chi connectivity index (χ1v) is 17.4. The standard InChI is InChI=1S/C47H25N3O2/c1-3-10-27(11-4-1)45-48-46(28-12-5-2-6-13-28)50-47(49-45)34-25-30(24-29-14-7-8-15-31(29)34)32-20-23-38-44-40(32)33-16-9-17-35-41(33)42-36(51-35)21-18-26-19-22-37(52-38)43(44)39(26)42/h1-25H. The van der Waals surface area contributed by atoms with Crippen LogP contribution in [0, 0.1) is 0 Å². The van der Waals surface area contributed by atoms with Crippen molar-refractivity contribution in [2.24, 2.45) is 0 Å². The topological polar surface area (TPSA) is 65.0 Å². The third-order valence-electron chi connectivity index (χ3n) is 10.6. The van der Waals surface area contributed by atoms with E-state index >= 15 is 0 Å². The van der Waals surface area contributed by atoms with Gasteiger partial charge >= 0.3 is 0 Å². The van der Waals surface area contributed by atoms with Gasteiger partial charge in [-0.3, -0.25) is 0 Å². The molecule has 52 heavy (non-hydrogen) atoms. The van der Waals surface area contributed by atoms with Crippen molar-refractivity contribution in [3.8, 4) is 56.4 Å². The highest BCUT2D eigenvalue weighted by atomic mass is 16.3. The quantitative estimate of drug-likeness (QED) is 0.187. The lowest BCUT2D eigenvalue weighted by molar-refractivity contribution is 0.669. The Bertz CT molecular complexity index is 3220. The minimum absolute atomic E-state index is 0.624. The Morgan fingerprint density at radius 2 is 0.923 bits per heavy atom. The van der Waals surface area contributed by atoms with Gasteiger partial charge in [-0.15, -0.1) is 0 Å². The molecule has 240 valence electrons. The van der Waals surface area contributed by atoms with Crippen LogP contribution in [-0.2, 0) is 0 Å². The summed E-state index contributed by atoms with van der Waals surface area (Å²) in [4.78, 5) is 15.3. The maximum atomic E-state index is 6.60. The van der Waals surface area contributed by atoms with E-state index in [1.54, 1.807) is 0 Å². The molecular weight excluding hydrogens is 639 g/mol. The maximum Gasteiger partial charge on any atom is 0.164 e. The molecule has 11 aromatic rings. The van der Waals surface area contributed by atoms with E-state index in [-0.39, 0.29) is 0 Å². The predicted octanol–water partition coefficient (Wildman–Crippen LogP) is 12.6. The smallest absolute Gasteiger partial charge is 0.164 e. The number of hydrogen-bond acceptors (Lipinski definition) is 5. The number of furan rings is 2. The monoisotopic (exact) mass is 663 g/mol. The zero-order valence-electron chi connectivity index (χ0n) is 27.6. The molecule has 0 aliphatic heterocycles. The van der Waals surface area contributed by atoms with Gasteiger partial charge in [0.1, 0.15) is 22.3 Å². The molecule has 0 N–H and O–H groups in total. The summed E-state index contributed by atoms with van der Waals surface area (Å²) >= 11 is 0. The zero-order valence-corrected chi connectivity index (χ0v) is 27.6. The van der Waals surface area contributed by atoms with Crippen molar-refractivity contribution in [2.45, 2.75) is 0 Å². The Morgan fingerprint density at radius 1 is 0.327 bits per heavy atom. The number of rotatable bonds is 4. The molecule has 0 atom stereocenters. The van der Waals surface area contributed by atoms with Crippen molar-refractivity contribution in [3.05, 3.63) is 152 Å². The second-order valence-corrected chi connectivity index (χ2v) is 13.5. The van der Waals surface area contributed by atoms with Crippen LogP contribution >= 0.6 is 0 Å². The molecule has 8 aromatic carbocycles. The van der Waals surface area contributed by atoms with Gasteiger partial charge in [0.15, 0.2) is 17.5 Å². The van der Waals surface area contributed by atoms with Crippen LogP contribution in [0.2, 0.25) is 0 Å². The van der Waals surface area contributed by atoms with Gasteiger partial charge in [0, 0.05) is 49.2 Å². The molecule has 0 amide bonds. The Kier molecular flexibility index (Phi) is 5.44. The third kappa shape index (κ3) is 3.79. The first-order valence-electron chi connectivity index (χ1n) is 17.4. The molecule has 0 bridgehead atoms. The second kappa shape index (κ2) is 10.2. The number of fused-ring (bicyclic) bond motifs is 2. The first-order chi connectivity index (χ1) is 25.8. The van der Waals surface area contributed by atoms with E-state index in [9.17, 15) is 0 Å². The molecule has 0 saturated carbocycles. The van der Waals surface area contributed by atoms with Crippen LogP contribution in [-0.4, -0.2) is 15.0 Å². The minimum atomic E-state index is 0.624. The van der Waals surface area contributed by atoms with Crippen molar-refractivity contribution in [1.82, 2.24) is 15.0 Å². The van der Waals surface area contributed by atoms with Crippen LogP contribution in [0.15, 0.2) is 160 Å². The molecule has 5 nitrogen and oxygen atoms in total. The molecule has 3 heterocycles. The molecule has 0 fully saturated rings. The summed E-state index contributed by atoms with van der Waals surface area (Å²) in [6.45, 7) is 0. The van der Waals surface area contributed by atoms with E-state index in [0.29, 0.717) is 17.5 Å². The fourth-order valence-electron chi connectivity index (χ4n) is 8.38. The molecule has 12 rings (SSSR count). The molecule has 1 aliphatic rings. The molecule has 5 heteroatoms. The second-order valence-electron chi connectivity index (χ2n) is 13.5. The SMILES string of the molecule is c1ccc(-c2nc(-c3ccccc3)nc(-c3cc(-c4ccc5oc6ccc7ccc8oc9cccc%10c9c8c7c6c5c4-%10)cc4ccccc34)n2)cc1. The average Bonchev–Trinajstić information content (AvgIpc) is 3.75. The molecular formula is C47H25N3O2. The van der Waals surface area contributed by atoms with Crippen LogP contribution in [0.25, 0.3) is 122 Å². The van der Waals surface area contributed by atoms with E-state index in [1.165, 1.54) is 10.8 Å². The van der Waals surface area contributed by atoms with E-state index in [0.717, 1.165) is 93.6 Å². The van der Waals surface area contributed by atoms with Crippen molar-refractivity contribution >= 4 is 65.4 Å². The fourth-order valence-corrected chi connectivity index (χ4v) is 8.38. The van der Waals surface area contributed by atoms with Gasteiger partial charge in [-0.25, -0.2) is 15.0 Å². The van der Waals surface area contributed by atoms with Crippen LogP contribution in [0.3, 0.4) is 0 Å². The number of benzene rings is 8. The molecule has 0 spiro atoms. The summed E-state index contributed by atoms with van der Waals surface area (Å²) in [5.74, 6) is 1.89. The van der Waals surface area contributed by atoms with E-state index in [2.05, 4.69) is 91.0 Å². The third-order valence-corrected chi connectivity index (χ3v) is 10.6. The van der Waals surface area contributed by atoms with Gasteiger partial charge in [0.05, 0.1) is 0 Å². The van der Waals surface area contributed by atoms with Crippen LogP contribution in [0.4, 0.5) is 0 Å². The summed E-state index contributed by atoms with van der Waals surface area (Å²) in [6, 6.07) is 52.5. The largest absolute Gasteiger partial charge is 0.456 e. The molecule has 0 saturated heterocycles. The van der Waals surface area contributed by atoms with Crippen LogP contribution in [0.5, 0.6) is 0 Å². The Hall–Kier alpha value is -7.11. The van der Waals surface area contributed by atoms with Crippen LogP contribution < -0.4 is 0 Å². The summed E-state index contributed by atoms with van der Waals surface area (Å²) in [5.41, 5.74) is 10.8. The number of hydrogen-bond donors (Lipinski definition) is 0. The fraction of sp³-hybridized carbons (Fsp3) is 0. The summed E-state index contributed by atoms with van der Waals surface area (Å²) < 4.78 is 13.1. The number of nitrogens with zero attached hydrogens (tertiary/aromatic N) is 3. The molecule has 0 unspecified atom stereocenters. The average molecular weight is 664 g/mol. The van der Waals surface area contributed by atoms with Gasteiger partial charge in [0.2, 0.25) is 0 Å². The zero-order chi connectivity index (χ0) is 33.9. The van der Waals surface area contributed by atoms with Crippen molar-refractivity contribution in [2.75, 3.05) is 0 Å². The normalized spacial score (nSPS) is 12.2. The lowest BCUT2D eigenvalue weighted by Crippen LogP contribution is -2.01. The number of aromatic nitrogens is 3. The molecule has 3 aromatic heterocycles. The van der Waals surface area contributed by atoms with Crippen molar-refractivity contribution < 1.29 is 8.83 Å². The van der Waals surface area contributed by atoms with Crippen LogP contribution in [0.1, 0.15) is 0 Å². The highest BCUT2D eigenvalue weighted by Crippen LogP contribution is 2.53. The van der Waals surface area contributed by atoms with E-state index in [1.807, 2.05) is 60.7 Å². The van der Waals surface area contributed by atoms with Gasteiger partial charge in [-0.1, -0.05) is 115 Å². The van der Waals surface area contributed by atoms with Crippen molar-refractivity contribution in [1.29, 1.82) is 0 Å². The molecule has 0 radical (unpaired) electrons. The highest BCUT2D eigenvalue weighted by Gasteiger charge is 2.27. The maximum absolute atomic E-state index is 6.60. The lowest BCUT2D eigenvalue weighted by atomic mass is 9.88. The van der Waals surface area contributed by atoms with Gasteiger partial charge < -0.3 is 8.83 Å². The Balaban J connectivity index is 1.19. The van der Waals surface area contributed by atoms with Gasteiger partial charge in [-0.2, -0.15) is 0 Å². The lowest BCUT2D eigenvalue weighted by Gasteiger charge is -2.16. The highest BCUT2D eigenvalue weighted by molar-refractivity contribution is 6.37. The Morgan fingerprint density at radius 3 is 1.65 bits per heavy atom. The summed E-state index contributed by atoms with van der Waals surface area (Å²) in [6.07, 6.45) is 0. The first kappa shape index (κ1) is 27.7. The van der Waals surface area contributed by atoms with E-state index in [4.69, 9.17) is 23.8 Å². The van der Waals surface area contributed by atoms with Gasteiger partial charge in [0.25, 0.3) is 0 Å². The summed E-state index contributed by atoms with van der Waals surface area (Å²) in [5, 5.41) is 9.07. The van der Waals surface area contributed by atoms with Gasteiger partial charge in [-0.05, 0) is 69.2 Å². The Labute approximate surface area is 296 Å².